The largest absolute Gasteiger partial charge is 0.465 e. The lowest BCUT2D eigenvalue weighted by molar-refractivity contribution is 0.0597. The first-order chi connectivity index (χ1) is 7.11. The summed E-state index contributed by atoms with van der Waals surface area (Å²) in [5.41, 5.74) is 0.463. The molecule has 80 valence electrons. The Morgan fingerprint density at radius 2 is 2.07 bits per heavy atom. The second-order valence-corrected chi connectivity index (χ2v) is 3.34. The zero-order chi connectivity index (χ0) is 11.4. The predicted molar refractivity (Wildman–Crippen MR) is 57.4 cm³/mol. The molecular formula is C11H11ClO3. The highest BCUT2D eigenvalue weighted by molar-refractivity contribution is 6.34. The van der Waals surface area contributed by atoms with Gasteiger partial charge < -0.3 is 4.74 Å². The lowest BCUT2D eigenvalue weighted by Gasteiger charge is -2.07. The molecule has 0 heterocycles. The normalized spacial score (nSPS) is 9.80. The van der Waals surface area contributed by atoms with E-state index in [0.717, 1.165) is 0 Å². The van der Waals surface area contributed by atoms with Crippen LogP contribution in [0.5, 0.6) is 0 Å². The number of esters is 1. The molecule has 0 saturated heterocycles. The Hall–Kier alpha value is -1.35. The SMILES string of the molecule is CCC(=O)c1c(Cl)cccc1C(=O)OC. The van der Waals surface area contributed by atoms with E-state index in [2.05, 4.69) is 4.74 Å². The lowest BCUT2D eigenvalue weighted by Crippen LogP contribution is -2.10. The number of carbonyl (C=O) groups is 2. The summed E-state index contributed by atoms with van der Waals surface area (Å²) >= 11 is 5.88. The smallest absolute Gasteiger partial charge is 0.338 e. The van der Waals surface area contributed by atoms with Gasteiger partial charge in [-0.25, -0.2) is 4.79 Å². The number of Topliss-reactive ketones (excluding diaryl/α,β-unsaturated/α-hetero) is 1. The van der Waals surface area contributed by atoms with Gasteiger partial charge in [-0.3, -0.25) is 4.79 Å². The van der Waals surface area contributed by atoms with Gasteiger partial charge in [0.2, 0.25) is 0 Å². The van der Waals surface area contributed by atoms with E-state index in [1.807, 2.05) is 0 Å². The van der Waals surface area contributed by atoms with Crippen LogP contribution >= 0.6 is 11.6 Å². The van der Waals surface area contributed by atoms with Crippen LogP contribution in [0.3, 0.4) is 0 Å². The van der Waals surface area contributed by atoms with E-state index in [0.29, 0.717) is 6.42 Å². The molecule has 0 N–H and O–H groups in total. The fourth-order valence-electron chi connectivity index (χ4n) is 1.26. The number of carbonyl (C=O) groups excluding carboxylic acids is 2. The monoisotopic (exact) mass is 226 g/mol. The maximum atomic E-state index is 11.6. The average molecular weight is 227 g/mol. The molecule has 0 aliphatic carbocycles. The standard InChI is InChI=1S/C11H11ClO3/c1-3-9(13)10-7(11(14)15-2)5-4-6-8(10)12/h4-6H,3H2,1-2H3. The summed E-state index contributed by atoms with van der Waals surface area (Å²) in [5, 5.41) is 0.282. The molecule has 1 rings (SSSR count). The molecule has 0 saturated carbocycles. The second kappa shape index (κ2) is 4.94. The van der Waals surface area contributed by atoms with E-state index in [1.165, 1.54) is 13.2 Å². The molecule has 0 aliphatic heterocycles. The molecule has 0 aromatic heterocycles. The number of hydrogen-bond donors (Lipinski definition) is 0. The molecule has 4 heteroatoms. The number of rotatable bonds is 3. The van der Waals surface area contributed by atoms with Crippen LogP contribution in [0.2, 0.25) is 5.02 Å². The quantitative estimate of drug-likeness (QED) is 0.588. The summed E-state index contributed by atoms with van der Waals surface area (Å²) in [4.78, 5) is 23.0. The second-order valence-electron chi connectivity index (χ2n) is 2.93. The van der Waals surface area contributed by atoms with Crippen molar-refractivity contribution in [2.24, 2.45) is 0 Å². The van der Waals surface area contributed by atoms with Crippen molar-refractivity contribution >= 4 is 23.4 Å². The fourth-order valence-corrected chi connectivity index (χ4v) is 1.54. The Bertz CT molecular complexity index is 399. The molecule has 0 aliphatic rings. The summed E-state index contributed by atoms with van der Waals surface area (Å²) in [6.07, 6.45) is 0.299. The van der Waals surface area contributed by atoms with Crippen molar-refractivity contribution in [1.29, 1.82) is 0 Å². The number of methoxy groups -OCH3 is 1. The summed E-state index contributed by atoms with van der Waals surface area (Å²) in [5.74, 6) is -0.713. The van der Waals surface area contributed by atoms with E-state index in [1.54, 1.807) is 19.1 Å². The van der Waals surface area contributed by atoms with Crippen LogP contribution in [0.25, 0.3) is 0 Å². The van der Waals surface area contributed by atoms with E-state index in [4.69, 9.17) is 11.6 Å². The third kappa shape index (κ3) is 2.36. The molecule has 0 fully saturated rings. The molecule has 0 atom stereocenters. The maximum absolute atomic E-state index is 11.6. The van der Waals surface area contributed by atoms with Crippen molar-refractivity contribution in [2.75, 3.05) is 7.11 Å². The van der Waals surface area contributed by atoms with Crippen LogP contribution < -0.4 is 0 Å². The van der Waals surface area contributed by atoms with Gasteiger partial charge in [0.15, 0.2) is 5.78 Å². The van der Waals surface area contributed by atoms with Crippen molar-refractivity contribution in [3.8, 4) is 0 Å². The highest BCUT2D eigenvalue weighted by atomic mass is 35.5. The van der Waals surface area contributed by atoms with Gasteiger partial charge in [-0.1, -0.05) is 24.6 Å². The molecule has 0 unspecified atom stereocenters. The summed E-state index contributed by atoms with van der Waals surface area (Å²) in [6.45, 7) is 1.72. The first kappa shape index (κ1) is 11.7. The Balaban J connectivity index is 3.32. The van der Waals surface area contributed by atoms with Gasteiger partial charge in [0, 0.05) is 6.42 Å². The minimum Gasteiger partial charge on any atom is -0.465 e. The van der Waals surface area contributed by atoms with Gasteiger partial charge >= 0.3 is 5.97 Å². The molecule has 15 heavy (non-hydrogen) atoms. The third-order valence-corrected chi connectivity index (χ3v) is 2.33. The van der Waals surface area contributed by atoms with Gasteiger partial charge in [-0.2, -0.15) is 0 Å². The van der Waals surface area contributed by atoms with Crippen LogP contribution in [-0.2, 0) is 4.74 Å². The van der Waals surface area contributed by atoms with Crippen LogP contribution in [-0.4, -0.2) is 18.9 Å². The van der Waals surface area contributed by atoms with Crippen LogP contribution in [0.15, 0.2) is 18.2 Å². The van der Waals surface area contributed by atoms with Crippen LogP contribution in [0.1, 0.15) is 34.1 Å². The number of ketones is 1. The Morgan fingerprint density at radius 1 is 1.40 bits per heavy atom. The van der Waals surface area contributed by atoms with Crippen LogP contribution in [0.4, 0.5) is 0 Å². The Labute approximate surface area is 93.0 Å². The number of halogens is 1. The van der Waals surface area contributed by atoms with E-state index in [9.17, 15) is 9.59 Å². The summed E-state index contributed by atoms with van der Waals surface area (Å²) in [7, 11) is 1.27. The van der Waals surface area contributed by atoms with Crippen LogP contribution in [0, 0.1) is 0 Å². The van der Waals surface area contributed by atoms with Gasteiger partial charge in [0.1, 0.15) is 0 Å². The van der Waals surface area contributed by atoms with Gasteiger partial charge in [0.25, 0.3) is 0 Å². The topological polar surface area (TPSA) is 43.4 Å². The maximum Gasteiger partial charge on any atom is 0.338 e. The van der Waals surface area contributed by atoms with E-state index in [-0.39, 0.29) is 21.9 Å². The molecule has 3 nitrogen and oxygen atoms in total. The number of benzene rings is 1. The molecule has 0 spiro atoms. The minimum atomic E-state index is -0.547. The van der Waals surface area contributed by atoms with Gasteiger partial charge in [-0.05, 0) is 12.1 Å². The molecule has 0 amide bonds. The van der Waals surface area contributed by atoms with Crippen molar-refractivity contribution in [1.82, 2.24) is 0 Å². The Morgan fingerprint density at radius 3 is 2.60 bits per heavy atom. The van der Waals surface area contributed by atoms with Gasteiger partial charge in [0.05, 0.1) is 23.3 Å². The first-order valence-corrected chi connectivity index (χ1v) is 4.89. The average Bonchev–Trinajstić information content (AvgIpc) is 2.26. The van der Waals surface area contributed by atoms with Crippen molar-refractivity contribution < 1.29 is 14.3 Å². The summed E-state index contributed by atoms with van der Waals surface area (Å²) < 4.78 is 4.58. The molecular weight excluding hydrogens is 216 g/mol. The van der Waals surface area contributed by atoms with Gasteiger partial charge in [-0.15, -0.1) is 0 Å². The van der Waals surface area contributed by atoms with E-state index >= 15 is 0 Å². The van der Waals surface area contributed by atoms with Crippen molar-refractivity contribution in [2.45, 2.75) is 13.3 Å². The Kier molecular flexibility index (Phi) is 3.86. The van der Waals surface area contributed by atoms with E-state index < -0.39 is 5.97 Å². The zero-order valence-corrected chi connectivity index (χ0v) is 9.30. The summed E-state index contributed by atoms with van der Waals surface area (Å²) in [6, 6.07) is 4.72. The van der Waals surface area contributed by atoms with Crippen molar-refractivity contribution in [3.05, 3.63) is 34.3 Å². The molecule has 0 bridgehead atoms. The minimum absolute atomic E-state index is 0.166. The van der Waals surface area contributed by atoms with Crippen molar-refractivity contribution in [3.63, 3.8) is 0 Å². The zero-order valence-electron chi connectivity index (χ0n) is 8.54. The molecule has 0 radical (unpaired) electrons. The lowest BCUT2D eigenvalue weighted by atomic mass is 10.0. The highest BCUT2D eigenvalue weighted by Gasteiger charge is 2.18. The molecule has 1 aromatic carbocycles. The number of ether oxygens (including phenoxy) is 1. The third-order valence-electron chi connectivity index (χ3n) is 2.02. The highest BCUT2D eigenvalue weighted by Crippen LogP contribution is 2.22. The predicted octanol–water partition coefficient (Wildman–Crippen LogP) is 2.72. The fraction of sp³-hybridized carbons (Fsp3) is 0.273. The first-order valence-electron chi connectivity index (χ1n) is 4.51. The molecule has 1 aromatic rings. The number of hydrogen-bond acceptors (Lipinski definition) is 3.